The minimum atomic E-state index is -0.653. The lowest BCUT2D eigenvalue weighted by atomic mass is 9.90. The standard InChI is InChI=1S/C13H22N2O2/c1-12(2,3)11-8-14-15(9-11)10-13(16)4-6-17-7-5-13/h8-9,16H,4-7,10H2,1-3H3. The van der Waals surface area contributed by atoms with Crippen LogP contribution in [0.5, 0.6) is 0 Å². The molecule has 2 heterocycles. The zero-order valence-corrected chi connectivity index (χ0v) is 10.9. The van der Waals surface area contributed by atoms with Gasteiger partial charge in [-0.1, -0.05) is 20.8 Å². The van der Waals surface area contributed by atoms with Gasteiger partial charge in [-0.2, -0.15) is 5.10 Å². The molecule has 1 aliphatic heterocycles. The summed E-state index contributed by atoms with van der Waals surface area (Å²) in [7, 11) is 0. The Bertz CT molecular complexity index is 373. The molecule has 4 nitrogen and oxygen atoms in total. The minimum absolute atomic E-state index is 0.108. The van der Waals surface area contributed by atoms with E-state index in [-0.39, 0.29) is 5.41 Å². The van der Waals surface area contributed by atoms with Crippen molar-refractivity contribution < 1.29 is 9.84 Å². The molecule has 0 amide bonds. The predicted octanol–water partition coefficient (Wildman–Crippen LogP) is 1.72. The van der Waals surface area contributed by atoms with Crippen molar-refractivity contribution in [2.75, 3.05) is 13.2 Å². The van der Waals surface area contributed by atoms with Crippen molar-refractivity contribution in [1.82, 2.24) is 9.78 Å². The molecule has 1 N–H and O–H groups in total. The lowest BCUT2D eigenvalue weighted by Gasteiger charge is -2.31. The second kappa shape index (κ2) is 4.42. The summed E-state index contributed by atoms with van der Waals surface area (Å²) in [4.78, 5) is 0. The van der Waals surface area contributed by atoms with Gasteiger partial charge in [0.05, 0.1) is 18.3 Å². The van der Waals surface area contributed by atoms with Crippen LogP contribution < -0.4 is 0 Å². The highest BCUT2D eigenvalue weighted by Crippen LogP contribution is 2.25. The van der Waals surface area contributed by atoms with Crippen molar-refractivity contribution in [3.8, 4) is 0 Å². The number of hydrogen-bond acceptors (Lipinski definition) is 3. The van der Waals surface area contributed by atoms with Crippen molar-refractivity contribution in [3.05, 3.63) is 18.0 Å². The number of hydrogen-bond donors (Lipinski definition) is 1. The first-order chi connectivity index (χ1) is 7.89. The monoisotopic (exact) mass is 238 g/mol. The summed E-state index contributed by atoms with van der Waals surface area (Å²) >= 11 is 0. The van der Waals surface area contributed by atoms with Gasteiger partial charge >= 0.3 is 0 Å². The molecule has 2 rings (SSSR count). The van der Waals surface area contributed by atoms with Crippen LogP contribution in [0.1, 0.15) is 39.2 Å². The van der Waals surface area contributed by atoms with E-state index in [4.69, 9.17) is 4.74 Å². The minimum Gasteiger partial charge on any atom is -0.388 e. The van der Waals surface area contributed by atoms with Crippen LogP contribution in [-0.2, 0) is 16.7 Å². The molecule has 1 aromatic heterocycles. The first-order valence-corrected chi connectivity index (χ1v) is 6.22. The normalized spacial score (nSPS) is 20.5. The van der Waals surface area contributed by atoms with Crippen molar-refractivity contribution in [3.63, 3.8) is 0 Å². The summed E-state index contributed by atoms with van der Waals surface area (Å²) in [6.45, 7) is 8.34. The maximum Gasteiger partial charge on any atom is 0.0886 e. The Morgan fingerprint density at radius 3 is 2.59 bits per heavy atom. The molecule has 0 bridgehead atoms. The van der Waals surface area contributed by atoms with E-state index in [2.05, 4.69) is 25.9 Å². The van der Waals surface area contributed by atoms with E-state index in [1.165, 1.54) is 5.56 Å². The van der Waals surface area contributed by atoms with Gasteiger partial charge < -0.3 is 9.84 Å². The third kappa shape index (κ3) is 3.07. The van der Waals surface area contributed by atoms with E-state index in [1.54, 1.807) is 0 Å². The molecule has 0 radical (unpaired) electrons. The molecule has 1 aliphatic rings. The molecule has 0 unspecified atom stereocenters. The van der Waals surface area contributed by atoms with E-state index >= 15 is 0 Å². The van der Waals surface area contributed by atoms with Crippen molar-refractivity contribution in [1.29, 1.82) is 0 Å². The lowest BCUT2D eigenvalue weighted by Crippen LogP contribution is -2.40. The second-order valence-corrected chi connectivity index (χ2v) is 6.01. The lowest BCUT2D eigenvalue weighted by molar-refractivity contribution is -0.0745. The van der Waals surface area contributed by atoms with Gasteiger partial charge in [-0.25, -0.2) is 0 Å². The molecule has 4 heteroatoms. The average molecular weight is 238 g/mol. The Kier molecular flexibility index (Phi) is 3.27. The van der Waals surface area contributed by atoms with Crippen LogP contribution in [-0.4, -0.2) is 33.7 Å². The van der Waals surface area contributed by atoms with Gasteiger partial charge in [-0.05, 0) is 11.0 Å². The Morgan fingerprint density at radius 2 is 2.06 bits per heavy atom. The molecule has 96 valence electrons. The highest BCUT2D eigenvalue weighted by molar-refractivity contribution is 5.15. The number of aliphatic hydroxyl groups is 1. The Balaban J connectivity index is 2.06. The molecular weight excluding hydrogens is 216 g/mol. The number of ether oxygens (including phenoxy) is 1. The number of rotatable bonds is 2. The van der Waals surface area contributed by atoms with Crippen molar-refractivity contribution in [2.24, 2.45) is 0 Å². The molecule has 1 fully saturated rings. The van der Waals surface area contributed by atoms with Crippen molar-refractivity contribution >= 4 is 0 Å². The fourth-order valence-electron chi connectivity index (χ4n) is 2.05. The highest BCUT2D eigenvalue weighted by Gasteiger charge is 2.30. The fourth-order valence-corrected chi connectivity index (χ4v) is 2.05. The molecule has 0 aromatic carbocycles. The van der Waals surface area contributed by atoms with Gasteiger partial charge in [0.1, 0.15) is 0 Å². The first kappa shape index (κ1) is 12.6. The Labute approximate surface area is 103 Å². The predicted molar refractivity (Wildman–Crippen MR) is 65.9 cm³/mol. The van der Waals surface area contributed by atoms with Crippen LogP contribution in [0.3, 0.4) is 0 Å². The molecule has 1 saturated heterocycles. The van der Waals surface area contributed by atoms with E-state index < -0.39 is 5.60 Å². The zero-order valence-electron chi connectivity index (χ0n) is 10.9. The molecule has 0 spiro atoms. The highest BCUT2D eigenvalue weighted by atomic mass is 16.5. The van der Waals surface area contributed by atoms with Crippen LogP contribution in [0, 0.1) is 0 Å². The molecule has 0 atom stereocenters. The molecule has 17 heavy (non-hydrogen) atoms. The molecule has 1 aromatic rings. The van der Waals surface area contributed by atoms with Crippen LogP contribution in [0.15, 0.2) is 12.4 Å². The largest absolute Gasteiger partial charge is 0.388 e. The third-order valence-corrected chi connectivity index (χ3v) is 3.38. The SMILES string of the molecule is CC(C)(C)c1cnn(CC2(O)CCOCC2)c1. The summed E-state index contributed by atoms with van der Waals surface area (Å²) in [6.07, 6.45) is 5.31. The summed E-state index contributed by atoms with van der Waals surface area (Å²) in [5.41, 5.74) is 0.656. The Morgan fingerprint density at radius 1 is 1.41 bits per heavy atom. The summed E-state index contributed by atoms with van der Waals surface area (Å²) in [5.74, 6) is 0. The van der Waals surface area contributed by atoms with E-state index in [1.807, 2.05) is 17.1 Å². The van der Waals surface area contributed by atoms with E-state index in [0.29, 0.717) is 32.6 Å². The van der Waals surface area contributed by atoms with Gasteiger partial charge in [0.2, 0.25) is 0 Å². The second-order valence-electron chi connectivity index (χ2n) is 6.01. The van der Waals surface area contributed by atoms with Crippen molar-refractivity contribution in [2.45, 2.75) is 51.2 Å². The topological polar surface area (TPSA) is 47.3 Å². The quantitative estimate of drug-likeness (QED) is 0.853. The molecule has 0 saturated carbocycles. The van der Waals surface area contributed by atoms with Crippen LogP contribution in [0.4, 0.5) is 0 Å². The van der Waals surface area contributed by atoms with E-state index in [0.717, 1.165) is 0 Å². The summed E-state index contributed by atoms with van der Waals surface area (Å²) in [6, 6.07) is 0. The zero-order chi connectivity index (χ0) is 12.5. The maximum absolute atomic E-state index is 10.4. The first-order valence-electron chi connectivity index (χ1n) is 6.22. The maximum atomic E-state index is 10.4. The van der Waals surface area contributed by atoms with Crippen LogP contribution in [0.2, 0.25) is 0 Å². The summed E-state index contributed by atoms with van der Waals surface area (Å²) in [5, 5.41) is 14.7. The van der Waals surface area contributed by atoms with Crippen LogP contribution >= 0.6 is 0 Å². The molecular formula is C13H22N2O2. The average Bonchev–Trinajstić information content (AvgIpc) is 2.66. The third-order valence-electron chi connectivity index (χ3n) is 3.38. The van der Waals surface area contributed by atoms with Gasteiger partial charge in [-0.3, -0.25) is 4.68 Å². The fraction of sp³-hybridized carbons (Fsp3) is 0.769. The summed E-state index contributed by atoms with van der Waals surface area (Å²) < 4.78 is 7.13. The van der Waals surface area contributed by atoms with Gasteiger partial charge in [0.25, 0.3) is 0 Å². The van der Waals surface area contributed by atoms with Gasteiger partial charge in [0, 0.05) is 32.3 Å². The van der Waals surface area contributed by atoms with Crippen LogP contribution in [0.25, 0.3) is 0 Å². The number of nitrogens with zero attached hydrogens (tertiary/aromatic N) is 2. The Hall–Kier alpha value is -0.870. The van der Waals surface area contributed by atoms with E-state index in [9.17, 15) is 5.11 Å². The number of aromatic nitrogens is 2. The smallest absolute Gasteiger partial charge is 0.0886 e. The van der Waals surface area contributed by atoms with Gasteiger partial charge in [-0.15, -0.1) is 0 Å². The molecule has 0 aliphatic carbocycles. The van der Waals surface area contributed by atoms with Gasteiger partial charge in [0.15, 0.2) is 0 Å².